The first-order valence-electron chi connectivity index (χ1n) is 4.83. The molecule has 0 radical (unpaired) electrons. The van der Waals surface area contributed by atoms with Crippen LogP contribution in [0.1, 0.15) is 10.4 Å². The molecule has 16 heavy (non-hydrogen) atoms. The molecule has 0 bridgehead atoms. The van der Waals surface area contributed by atoms with Crippen LogP contribution in [-0.2, 0) is 0 Å². The van der Waals surface area contributed by atoms with Gasteiger partial charge < -0.3 is 5.73 Å². The van der Waals surface area contributed by atoms with Gasteiger partial charge >= 0.3 is 0 Å². The number of carbonyl (C=O) groups excluding carboxylic acids is 1. The van der Waals surface area contributed by atoms with Crippen molar-refractivity contribution in [3.63, 3.8) is 0 Å². The van der Waals surface area contributed by atoms with Gasteiger partial charge in [0, 0.05) is 11.3 Å². The normalized spacial score (nSPS) is 10.1. The number of carbonyl (C=O) groups is 1. The zero-order valence-corrected chi connectivity index (χ0v) is 9.24. The lowest BCUT2D eigenvalue weighted by molar-refractivity contribution is 0.108. The third-order valence-electron chi connectivity index (χ3n) is 2.34. The maximum absolute atomic E-state index is 11.3. The van der Waals surface area contributed by atoms with Crippen LogP contribution >= 0.6 is 11.6 Å². The van der Waals surface area contributed by atoms with Crippen molar-refractivity contribution >= 4 is 22.5 Å². The summed E-state index contributed by atoms with van der Waals surface area (Å²) >= 11 is 5.53. The van der Waals surface area contributed by atoms with Crippen molar-refractivity contribution < 1.29 is 4.79 Å². The summed E-state index contributed by atoms with van der Waals surface area (Å²) in [7, 11) is 0. The van der Waals surface area contributed by atoms with E-state index in [4.69, 9.17) is 17.3 Å². The van der Waals surface area contributed by atoms with E-state index in [2.05, 4.69) is 0 Å². The van der Waals surface area contributed by atoms with Crippen molar-refractivity contribution in [2.45, 2.75) is 0 Å². The van der Waals surface area contributed by atoms with E-state index in [-0.39, 0.29) is 0 Å². The third-order valence-corrected chi connectivity index (χ3v) is 2.54. The van der Waals surface area contributed by atoms with Crippen LogP contribution < -0.4 is 5.73 Å². The molecule has 2 aromatic carbocycles. The molecule has 0 spiro atoms. The number of hydrogen-bond acceptors (Lipinski definition) is 2. The lowest BCUT2D eigenvalue weighted by Crippen LogP contribution is -1.95. The number of nitrogen functional groups attached to an aromatic ring is 1. The first kappa shape index (κ1) is 10.7. The third kappa shape index (κ3) is 2.07. The molecule has 0 aliphatic rings. The molecule has 0 aliphatic carbocycles. The molecule has 0 saturated carbocycles. The zero-order chi connectivity index (χ0) is 11.5. The Balaban J connectivity index is 2.63. The molecule has 0 saturated heterocycles. The minimum absolute atomic E-state index is 0.473. The summed E-state index contributed by atoms with van der Waals surface area (Å²) in [6, 6.07) is 14.6. The van der Waals surface area contributed by atoms with Crippen molar-refractivity contribution in [1.82, 2.24) is 0 Å². The van der Waals surface area contributed by atoms with Crippen molar-refractivity contribution in [3.05, 3.63) is 54.1 Å². The number of benzene rings is 2. The van der Waals surface area contributed by atoms with Gasteiger partial charge in [-0.1, -0.05) is 30.3 Å². The van der Waals surface area contributed by atoms with Gasteiger partial charge in [-0.05, 0) is 40.9 Å². The van der Waals surface area contributed by atoms with Gasteiger partial charge in [0.2, 0.25) is 0 Å². The minimum Gasteiger partial charge on any atom is -0.399 e. The van der Waals surface area contributed by atoms with Crippen LogP contribution in [0.3, 0.4) is 0 Å². The molecule has 2 N–H and O–H groups in total. The van der Waals surface area contributed by atoms with Crippen LogP contribution in [0.25, 0.3) is 11.1 Å². The van der Waals surface area contributed by atoms with E-state index in [9.17, 15) is 4.79 Å². The summed E-state index contributed by atoms with van der Waals surface area (Å²) in [5.41, 5.74) is 8.49. The Morgan fingerprint density at radius 1 is 1.06 bits per heavy atom. The largest absolute Gasteiger partial charge is 0.399 e. The fourth-order valence-corrected chi connectivity index (χ4v) is 1.75. The highest BCUT2D eigenvalue weighted by Crippen LogP contribution is 2.26. The minimum atomic E-state index is -0.473. The molecule has 0 amide bonds. The second kappa shape index (κ2) is 4.37. The first-order chi connectivity index (χ1) is 7.68. The Morgan fingerprint density at radius 3 is 2.38 bits per heavy atom. The first-order valence-corrected chi connectivity index (χ1v) is 5.21. The smallest absolute Gasteiger partial charge is 0.253 e. The molecule has 0 unspecified atom stereocenters. The molecule has 0 heterocycles. The molecular weight excluding hydrogens is 222 g/mol. The van der Waals surface area contributed by atoms with Crippen molar-refractivity contribution in [2.75, 3.05) is 5.73 Å². The van der Waals surface area contributed by atoms with Gasteiger partial charge in [0.25, 0.3) is 5.24 Å². The van der Waals surface area contributed by atoms with E-state index in [1.165, 1.54) is 0 Å². The Labute approximate surface area is 98.7 Å². The van der Waals surface area contributed by atoms with Crippen molar-refractivity contribution in [1.29, 1.82) is 0 Å². The van der Waals surface area contributed by atoms with Gasteiger partial charge in [0.05, 0.1) is 0 Å². The van der Waals surface area contributed by atoms with E-state index in [0.29, 0.717) is 11.3 Å². The lowest BCUT2D eigenvalue weighted by Gasteiger charge is -2.07. The van der Waals surface area contributed by atoms with Crippen LogP contribution in [0.2, 0.25) is 0 Å². The van der Waals surface area contributed by atoms with Crippen LogP contribution in [0.4, 0.5) is 5.69 Å². The van der Waals surface area contributed by atoms with Crippen LogP contribution in [0.5, 0.6) is 0 Å². The van der Waals surface area contributed by atoms with E-state index in [1.807, 2.05) is 30.3 Å². The number of anilines is 1. The predicted octanol–water partition coefficient (Wildman–Crippen LogP) is 3.31. The number of hydrogen-bond donors (Lipinski definition) is 1. The zero-order valence-electron chi connectivity index (χ0n) is 8.48. The summed E-state index contributed by atoms with van der Waals surface area (Å²) in [6.45, 7) is 0. The average molecular weight is 232 g/mol. The summed E-state index contributed by atoms with van der Waals surface area (Å²) < 4.78 is 0. The highest BCUT2D eigenvalue weighted by Gasteiger charge is 2.10. The van der Waals surface area contributed by atoms with Gasteiger partial charge in [-0.25, -0.2) is 0 Å². The standard InChI is InChI=1S/C13H10ClNO/c14-13(16)11-7-6-10(15)8-12(11)9-4-2-1-3-5-9/h1-8H,15H2. The quantitative estimate of drug-likeness (QED) is 0.637. The molecule has 0 atom stereocenters. The SMILES string of the molecule is Nc1ccc(C(=O)Cl)c(-c2ccccc2)c1. The fraction of sp³-hybridized carbons (Fsp3) is 0. The fourth-order valence-electron chi connectivity index (χ4n) is 1.59. The van der Waals surface area contributed by atoms with Gasteiger partial charge in [0.1, 0.15) is 0 Å². The van der Waals surface area contributed by atoms with Crippen molar-refractivity contribution in [3.8, 4) is 11.1 Å². The van der Waals surface area contributed by atoms with Gasteiger partial charge in [0.15, 0.2) is 0 Å². The molecule has 80 valence electrons. The molecule has 3 heteroatoms. The molecule has 0 aliphatic heterocycles. The molecule has 2 nitrogen and oxygen atoms in total. The molecule has 0 aromatic heterocycles. The highest BCUT2D eigenvalue weighted by molar-refractivity contribution is 6.68. The topological polar surface area (TPSA) is 43.1 Å². The van der Waals surface area contributed by atoms with Crippen LogP contribution in [-0.4, -0.2) is 5.24 Å². The average Bonchev–Trinajstić information content (AvgIpc) is 2.29. The Hall–Kier alpha value is -1.80. The van der Waals surface area contributed by atoms with E-state index in [1.54, 1.807) is 18.2 Å². The molecule has 2 aromatic rings. The van der Waals surface area contributed by atoms with E-state index in [0.717, 1.165) is 11.1 Å². The molecule has 0 fully saturated rings. The van der Waals surface area contributed by atoms with Crippen LogP contribution in [0, 0.1) is 0 Å². The Kier molecular flexibility index (Phi) is 2.93. The summed E-state index contributed by atoms with van der Waals surface area (Å²) in [5.74, 6) is 0. The summed E-state index contributed by atoms with van der Waals surface area (Å²) in [4.78, 5) is 11.3. The van der Waals surface area contributed by atoms with Crippen molar-refractivity contribution in [2.24, 2.45) is 0 Å². The maximum atomic E-state index is 11.3. The summed E-state index contributed by atoms with van der Waals surface area (Å²) in [5, 5.41) is -0.473. The van der Waals surface area contributed by atoms with Gasteiger partial charge in [-0.15, -0.1) is 0 Å². The maximum Gasteiger partial charge on any atom is 0.253 e. The molecule has 2 rings (SSSR count). The second-order valence-corrected chi connectivity index (χ2v) is 3.79. The monoisotopic (exact) mass is 231 g/mol. The van der Waals surface area contributed by atoms with E-state index < -0.39 is 5.24 Å². The van der Waals surface area contributed by atoms with Gasteiger partial charge in [-0.2, -0.15) is 0 Å². The lowest BCUT2D eigenvalue weighted by atomic mass is 10.00. The summed E-state index contributed by atoms with van der Waals surface area (Å²) in [6.07, 6.45) is 0. The number of halogens is 1. The number of nitrogens with two attached hydrogens (primary N) is 1. The Bertz CT molecular complexity index is 523. The van der Waals surface area contributed by atoms with Gasteiger partial charge in [-0.3, -0.25) is 4.79 Å². The second-order valence-electron chi connectivity index (χ2n) is 3.44. The predicted molar refractivity (Wildman–Crippen MR) is 66.5 cm³/mol. The number of rotatable bonds is 2. The molecular formula is C13H10ClNO. The van der Waals surface area contributed by atoms with Crippen LogP contribution in [0.15, 0.2) is 48.5 Å². The Morgan fingerprint density at radius 2 is 1.75 bits per heavy atom. The highest BCUT2D eigenvalue weighted by atomic mass is 35.5. The van der Waals surface area contributed by atoms with E-state index >= 15 is 0 Å².